The number of rotatable bonds is 10. The van der Waals surface area contributed by atoms with Gasteiger partial charge in [-0.1, -0.05) is 55.1 Å². The third-order valence-electron chi connectivity index (χ3n) is 8.42. The van der Waals surface area contributed by atoms with Crippen LogP contribution in [0.3, 0.4) is 0 Å². The van der Waals surface area contributed by atoms with Gasteiger partial charge in [-0.15, -0.1) is 0 Å². The van der Waals surface area contributed by atoms with Crippen molar-refractivity contribution in [2.24, 2.45) is 16.6 Å². The molecule has 0 radical (unpaired) electrons. The molecule has 2 fully saturated rings. The van der Waals surface area contributed by atoms with Crippen molar-refractivity contribution < 1.29 is 27.6 Å². The summed E-state index contributed by atoms with van der Waals surface area (Å²) in [5.74, 6) is -2.53. The second-order valence-corrected chi connectivity index (χ2v) is 13.6. The van der Waals surface area contributed by atoms with Crippen molar-refractivity contribution in [3.05, 3.63) is 64.7 Å². The lowest BCUT2D eigenvalue weighted by Gasteiger charge is -2.41. The van der Waals surface area contributed by atoms with E-state index in [0.717, 1.165) is 24.8 Å². The molecule has 14 heteroatoms. The summed E-state index contributed by atoms with van der Waals surface area (Å²) in [6.07, 6.45) is 3.17. The number of aliphatic imine (C=N–C) groups is 1. The van der Waals surface area contributed by atoms with Gasteiger partial charge in [-0.2, -0.15) is 0 Å². The van der Waals surface area contributed by atoms with Crippen LogP contribution in [0.2, 0.25) is 5.02 Å². The molecule has 5 rings (SSSR count). The maximum atomic E-state index is 13.8. The summed E-state index contributed by atoms with van der Waals surface area (Å²) in [7, 11) is -3.78. The van der Waals surface area contributed by atoms with E-state index in [0.29, 0.717) is 36.6 Å². The number of nitrogens with one attached hydrogen (secondary N) is 2. The molecular formula is C30H35ClN6O6S. The van der Waals surface area contributed by atoms with Crippen LogP contribution in [-0.4, -0.2) is 85.3 Å². The minimum atomic E-state index is -3.78. The van der Waals surface area contributed by atoms with Crippen LogP contribution in [0, 0.1) is 5.92 Å². The second-order valence-electron chi connectivity index (χ2n) is 11.5. The maximum absolute atomic E-state index is 13.8. The zero-order valence-electron chi connectivity index (χ0n) is 24.2. The summed E-state index contributed by atoms with van der Waals surface area (Å²) in [6.45, 7) is 2.57. The van der Waals surface area contributed by atoms with Crippen LogP contribution < -0.4 is 15.8 Å². The first-order chi connectivity index (χ1) is 20.9. The van der Waals surface area contributed by atoms with Gasteiger partial charge in [-0.05, 0) is 49.1 Å². The Balaban J connectivity index is 1.35. The molecule has 3 aliphatic rings. The van der Waals surface area contributed by atoms with E-state index in [1.165, 1.54) is 11.0 Å². The highest BCUT2D eigenvalue weighted by Gasteiger charge is 2.39. The van der Waals surface area contributed by atoms with Crippen molar-refractivity contribution in [2.45, 2.75) is 62.2 Å². The number of hydrogen-bond acceptors (Lipinski definition) is 8. The van der Waals surface area contributed by atoms with E-state index in [-0.39, 0.29) is 29.1 Å². The van der Waals surface area contributed by atoms with Crippen molar-refractivity contribution in [3.63, 3.8) is 0 Å². The van der Waals surface area contributed by atoms with Crippen molar-refractivity contribution in [3.8, 4) is 0 Å². The number of carbonyl (C=O) groups is 4. The Morgan fingerprint density at radius 1 is 1.09 bits per heavy atom. The third-order valence-corrected chi connectivity index (χ3v) is 10.1. The number of piperazine rings is 1. The van der Waals surface area contributed by atoms with Gasteiger partial charge in [-0.3, -0.25) is 33.8 Å². The Morgan fingerprint density at radius 3 is 2.45 bits per heavy atom. The number of primary amides is 1. The van der Waals surface area contributed by atoms with E-state index in [9.17, 15) is 27.6 Å². The van der Waals surface area contributed by atoms with Gasteiger partial charge < -0.3 is 16.0 Å². The molecule has 4 N–H and O–H groups in total. The summed E-state index contributed by atoms with van der Waals surface area (Å²) >= 11 is 6.05. The number of sulfonamides is 1. The fraction of sp³-hybridized carbons (Fsp3) is 0.433. The van der Waals surface area contributed by atoms with Gasteiger partial charge in [0.1, 0.15) is 17.9 Å². The Bertz CT molecular complexity index is 1590. The number of carbonyl (C=O) groups excluding carboxylic acids is 4. The van der Waals surface area contributed by atoms with Crippen molar-refractivity contribution >= 4 is 51.0 Å². The van der Waals surface area contributed by atoms with E-state index >= 15 is 0 Å². The lowest BCUT2D eigenvalue weighted by atomic mass is 9.80. The molecule has 2 aromatic rings. The summed E-state index contributed by atoms with van der Waals surface area (Å²) < 4.78 is 27.4. The number of nitrogens with zero attached hydrogens (tertiary/aromatic N) is 3. The van der Waals surface area contributed by atoms with E-state index in [2.05, 4.69) is 15.0 Å². The number of fused-ring (bicyclic) bond motifs is 1. The Labute approximate surface area is 261 Å². The third kappa shape index (κ3) is 6.95. The van der Waals surface area contributed by atoms with Gasteiger partial charge in [-0.25, -0.2) is 8.42 Å². The average Bonchev–Trinajstić information content (AvgIpc) is 3.23. The van der Waals surface area contributed by atoms with Gasteiger partial charge in [0.05, 0.1) is 10.9 Å². The molecule has 1 aliphatic carbocycles. The average molecular weight is 643 g/mol. The summed E-state index contributed by atoms with van der Waals surface area (Å²) in [5.41, 5.74) is 6.59. The summed E-state index contributed by atoms with van der Waals surface area (Å²) in [6, 6.07) is 10.7. The molecule has 0 aromatic heterocycles. The minimum absolute atomic E-state index is 0.00330. The number of benzene rings is 2. The Morgan fingerprint density at radius 2 is 1.80 bits per heavy atom. The predicted molar refractivity (Wildman–Crippen MR) is 163 cm³/mol. The van der Waals surface area contributed by atoms with Gasteiger partial charge >= 0.3 is 0 Å². The molecule has 1 saturated heterocycles. The molecule has 234 valence electrons. The van der Waals surface area contributed by atoms with Gasteiger partial charge in [0.25, 0.3) is 15.9 Å². The normalized spacial score (nSPS) is 21.9. The second kappa shape index (κ2) is 13.0. The predicted octanol–water partition coefficient (Wildman–Crippen LogP) is 1.21. The van der Waals surface area contributed by atoms with Crippen LogP contribution in [0.5, 0.6) is 0 Å². The number of Topliss-reactive ketones (excluding diaryl/α,β-unsaturated/α-hetero) is 1. The van der Waals surface area contributed by atoms with E-state index in [1.54, 1.807) is 37.3 Å². The molecule has 12 nitrogen and oxygen atoms in total. The summed E-state index contributed by atoms with van der Waals surface area (Å²) in [5, 5.41) is 3.34. The zero-order valence-corrected chi connectivity index (χ0v) is 25.8. The first kappa shape index (κ1) is 31.6. The van der Waals surface area contributed by atoms with Crippen molar-refractivity contribution in [1.82, 2.24) is 19.8 Å². The van der Waals surface area contributed by atoms with Gasteiger partial charge in [0.15, 0.2) is 0 Å². The van der Waals surface area contributed by atoms with Crippen molar-refractivity contribution in [1.29, 1.82) is 0 Å². The fourth-order valence-corrected chi connectivity index (χ4v) is 7.12. The van der Waals surface area contributed by atoms with Crippen molar-refractivity contribution in [2.75, 3.05) is 19.6 Å². The lowest BCUT2D eigenvalue weighted by molar-refractivity contribution is -0.142. The highest BCUT2D eigenvalue weighted by Crippen LogP contribution is 2.31. The molecule has 1 saturated carbocycles. The first-order valence-corrected chi connectivity index (χ1v) is 16.4. The van der Waals surface area contributed by atoms with E-state index in [1.807, 2.05) is 17.0 Å². The van der Waals surface area contributed by atoms with Gasteiger partial charge in [0, 0.05) is 36.8 Å². The zero-order chi connectivity index (χ0) is 31.6. The van der Waals surface area contributed by atoms with Crippen LogP contribution in [0.1, 0.15) is 43.7 Å². The van der Waals surface area contributed by atoms with E-state index in [4.69, 9.17) is 17.3 Å². The number of nitrogens with two attached hydrogens (primary N) is 1. The number of hydrogen-bond donors (Lipinski definition) is 3. The molecule has 0 spiro atoms. The van der Waals surface area contributed by atoms with Crippen LogP contribution in [0.15, 0.2) is 58.4 Å². The molecule has 3 amide bonds. The van der Waals surface area contributed by atoms with Gasteiger partial charge in [0.2, 0.25) is 17.6 Å². The Hall–Kier alpha value is -3.81. The highest BCUT2D eigenvalue weighted by atomic mass is 35.5. The largest absolute Gasteiger partial charge is 0.363 e. The number of amides is 3. The molecule has 3 atom stereocenters. The molecule has 2 aliphatic heterocycles. The lowest BCUT2D eigenvalue weighted by Crippen LogP contribution is -2.62. The quantitative estimate of drug-likeness (QED) is 0.327. The minimum Gasteiger partial charge on any atom is -0.363 e. The first-order valence-electron chi connectivity index (χ1n) is 14.5. The van der Waals surface area contributed by atoms with Crippen LogP contribution in [0.4, 0.5) is 0 Å². The topological polar surface area (TPSA) is 171 Å². The standard InChI is InChI=1S/C30H35ClN6O6S/c1-18(33-28-22-7-2-3-8-25(22)44(42,43)35-28)30(41)37-14-13-36(16-20-9-11-21(31)12-10-20)24(17-37)29(40)34-23(26(38)27(32)39)15-19-5-4-6-19/h2-3,7-12,18-19,23-24H,4-6,13-17H2,1H3,(H2,32,39)(H,33,35)(H,34,40)/t18-,23?,24+/m0/s1. The van der Waals surface area contributed by atoms with Crippen LogP contribution in [0.25, 0.3) is 0 Å². The molecule has 0 bridgehead atoms. The monoisotopic (exact) mass is 642 g/mol. The Kier molecular flexibility index (Phi) is 9.37. The molecule has 2 heterocycles. The summed E-state index contributed by atoms with van der Waals surface area (Å²) in [4.78, 5) is 59.8. The molecular weight excluding hydrogens is 608 g/mol. The number of halogens is 1. The molecule has 44 heavy (non-hydrogen) atoms. The smallest absolute Gasteiger partial charge is 0.287 e. The number of ketones is 1. The van der Waals surface area contributed by atoms with Crippen LogP contribution >= 0.6 is 11.6 Å². The SMILES string of the molecule is C[C@H](N=C1NS(=O)(=O)c2ccccc21)C(=O)N1CCN(Cc2ccc(Cl)cc2)[C@@H](C(=O)NC(CC2CCC2)C(=O)C(N)=O)C1. The highest BCUT2D eigenvalue weighted by molar-refractivity contribution is 7.90. The van der Waals surface area contributed by atoms with E-state index < -0.39 is 45.7 Å². The molecule has 1 unspecified atom stereocenters. The van der Waals surface area contributed by atoms with Crippen LogP contribution in [-0.2, 0) is 35.7 Å². The number of amidine groups is 1. The fourth-order valence-electron chi connectivity index (χ4n) is 5.76. The molecule has 2 aromatic carbocycles. The maximum Gasteiger partial charge on any atom is 0.287 e.